The van der Waals surface area contributed by atoms with E-state index in [9.17, 15) is 4.79 Å². The van der Waals surface area contributed by atoms with Gasteiger partial charge in [-0.3, -0.25) is 4.79 Å². The Labute approximate surface area is 107 Å². The molecule has 0 saturated heterocycles. The number of nitrogens with one attached hydrogen (secondary N) is 1. The third-order valence-corrected chi connectivity index (χ3v) is 2.13. The third kappa shape index (κ3) is 3.02. The number of anilines is 1. The first-order valence-corrected chi connectivity index (χ1v) is 5.09. The molecule has 0 aliphatic heterocycles. The maximum atomic E-state index is 11.3. The van der Waals surface area contributed by atoms with Crippen LogP contribution in [0.3, 0.4) is 0 Å². The monoisotopic (exact) mass is 260 g/mol. The Hall–Kier alpha value is -2.99. The van der Waals surface area contributed by atoms with E-state index in [0.717, 1.165) is 0 Å². The first kappa shape index (κ1) is 12.5. The number of tetrazole rings is 1. The standard InChI is InChI=1S/C10H8N6O3/c11-2-1-10(17)13-7-3-8(5-9(4-7)19-18)16-6-12-14-15-16/h3-6,18H,1H2,(H,13,17). The molecule has 1 aromatic carbocycles. The summed E-state index contributed by atoms with van der Waals surface area (Å²) < 4.78 is 1.32. The van der Waals surface area contributed by atoms with Crippen LogP contribution in [-0.4, -0.2) is 31.4 Å². The van der Waals surface area contributed by atoms with Gasteiger partial charge < -0.3 is 10.2 Å². The van der Waals surface area contributed by atoms with Gasteiger partial charge in [0.1, 0.15) is 12.7 Å². The van der Waals surface area contributed by atoms with Crippen molar-refractivity contribution in [3.05, 3.63) is 24.5 Å². The lowest BCUT2D eigenvalue weighted by atomic mass is 10.2. The van der Waals surface area contributed by atoms with E-state index in [1.54, 1.807) is 12.1 Å². The molecule has 9 nitrogen and oxygen atoms in total. The van der Waals surface area contributed by atoms with E-state index in [2.05, 4.69) is 25.7 Å². The zero-order chi connectivity index (χ0) is 13.7. The van der Waals surface area contributed by atoms with E-state index < -0.39 is 5.91 Å². The van der Waals surface area contributed by atoms with Gasteiger partial charge in [0.25, 0.3) is 0 Å². The Kier molecular flexibility index (Phi) is 3.65. The second-order valence-electron chi connectivity index (χ2n) is 3.44. The van der Waals surface area contributed by atoms with Gasteiger partial charge in [-0.15, -0.1) is 5.10 Å². The maximum absolute atomic E-state index is 11.3. The Morgan fingerprint density at radius 3 is 3.00 bits per heavy atom. The van der Waals surface area contributed by atoms with Gasteiger partial charge in [0.15, 0.2) is 5.75 Å². The lowest BCUT2D eigenvalue weighted by Crippen LogP contribution is -2.10. The molecule has 0 spiro atoms. The molecule has 0 saturated carbocycles. The predicted molar refractivity (Wildman–Crippen MR) is 61.3 cm³/mol. The molecule has 0 unspecified atom stereocenters. The van der Waals surface area contributed by atoms with E-state index in [0.29, 0.717) is 11.4 Å². The van der Waals surface area contributed by atoms with Crippen LogP contribution in [0.2, 0.25) is 0 Å². The van der Waals surface area contributed by atoms with Crippen molar-refractivity contribution < 1.29 is 14.9 Å². The fraction of sp³-hybridized carbons (Fsp3) is 0.100. The molecule has 0 radical (unpaired) electrons. The third-order valence-electron chi connectivity index (χ3n) is 2.13. The highest BCUT2D eigenvalue weighted by atomic mass is 17.1. The second-order valence-corrected chi connectivity index (χ2v) is 3.44. The normalized spacial score (nSPS) is 9.68. The number of hydrogen-bond acceptors (Lipinski definition) is 7. The van der Waals surface area contributed by atoms with Gasteiger partial charge in [0.05, 0.1) is 11.8 Å². The first-order chi connectivity index (χ1) is 9.22. The van der Waals surface area contributed by atoms with Crippen molar-refractivity contribution in [1.29, 1.82) is 5.26 Å². The Morgan fingerprint density at radius 2 is 2.37 bits per heavy atom. The van der Waals surface area contributed by atoms with Gasteiger partial charge in [-0.2, -0.15) is 5.26 Å². The fourth-order valence-corrected chi connectivity index (χ4v) is 1.40. The fourth-order valence-electron chi connectivity index (χ4n) is 1.40. The van der Waals surface area contributed by atoms with Gasteiger partial charge >= 0.3 is 0 Å². The van der Waals surface area contributed by atoms with Crippen molar-refractivity contribution in [1.82, 2.24) is 20.2 Å². The number of nitrogens with zero attached hydrogens (tertiary/aromatic N) is 5. The Morgan fingerprint density at radius 1 is 1.53 bits per heavy atom. The van der Waals surface area contributed by atoms with Crippen LogP contribution in [0.5, 0.6) is 5.75 Å². The maximum Gasteiger partial charge on any atom is 0.238 e. The summed E-state index contributed by atoms with van der Waals surface area (Å²) in [5.41, 5.74) is 0.820. The minimum atomic E-state index is -0.472. The largest absolute Gasteiger partial charge is 0.340 e. The number of carbonyl (C=O) groups is 1. The van der Waals surface area contributed by atoms with E-state index in [1.165, 1.54) is 23.1 Å². The van der Waals surface area contributed by atoms with E-state index in [-0.39, 0.29) is 12.2 Å². The molecule has 2 aromatic rings. The van der Waals surface area contributed by atoms with E-state index in [4.69, 9.17) is 10.5 Å². The number of hydrogen-bond donors (Lipinski definition) is 2. The molecular formula is C10H8N6O3. The van der Waals surface area contributed by atoms with Gasteiger partial charge in [0, 0.05) is 17.8 Å². The molecule has 0 aliphatic carbocycles. The smallest absolute Gasteiger partial charge is 0.238 e. The Bertz CT molecular complexity index is 619. The summed E-state index contributed by atoms with van der Waals surface area (Å²) in [6.45, 7) is 0. The average molecular weight is 260 g/mol. The summed E-state index contributed by atoms with van der Waals surface area (Å²) in [6, 6.07) is 6.15. The molecule has 1 amide bonds. The van der Waals surface area contributed by atoms with Crippen LogP contribution in [0.25, 0.3) is 5.69 Å². The zero-order valence-electron chi connectivity index (χ0n) is 9.52. The molecule has 1 heterocycles. The van der Waals surface area contributed by atoms with Crippen LogP contribution in [0.15, 0.2) is 24.5 Å². The van der Waals surface area contributed by atoms with E-state index >= 15 is 0 Å². The molecule has 9 heteroatoms. The number of carbonyl (C=O) groups excluding carboxylic acids is 1. The van der Waals surface area contributed by atoms with Gasteiger partial charge in [-0.25, -0.2) is 9.94 Å². The molecule has 0 atom stereocenters. The minimum absolute atomic E-state index is 0.0975. The summed E-state index contributed by atoms with van der Waals surface area (Å²) >= 11 is 0. The molecule has 0 bridgehead atoms. The summed E-state index contributed by atoms with van der Waals surface area (Å²) in [6.07, 6.45) is 1.07. The number of amides is 1. The molecule has 2 N–H and O–H groups in total. The summed E-state index contributed by atoms with van der Waals surface area (Å²) in [5, 5.41) is 30.2. The highest BCUT2D eigenvalue weighted by molar-refractivity contribution is 5.92. The molecular weight excluding hydrogens is 252 g/mol. The van der Waals surface area contributed by atoms with Crippen molar-refractivity contribution >= 4 is 11.6 Å². The van der Waals surface area contributed by atoms with Crippen LogP contribution in [0, 0.1) is 11.3 Å². The zero-order valence-corrected chi connectivity index (χ0v) is 9.52. The first-order valence-electron chi connectivity index (χ1n) is 5.09. The summed E-state index contributed by atoms with van der Waals surface area (Å²) in [7, 11) is 0. The lowest BCUT2D eigenvalue weighted by Gasteiger charge is -2.07. The van der Waals surface area contributed by atoms with Crippen LogP contribution in [0.1, 0.15) is 6.42 Å². The number of benzene rings is 1. The van der Waals surface area contributed by atoms with Gasteiger partial charge in [-0.1, -0.05) is 0 Å². The second kappa shape index (κ2) is 5.56. The minimum Gasteiger partial charge on any atom is -0.340 e. The number of nitriles is 1. The molecule has 19 heavy (non-hydrogen) atoms. The SMILES string of the molecule is N#CCC(=O)Nc1cc(OO)cc(-n2cnnn2)c1. The van der Waals surface area contributed by atoms with Crippen LogP contribution >= 0.6 is 0 Å². The van der Waals surface area contributed by atoms with Crippen molar-refractivity contribution in [3.8, 4) is 17.5 Å². The molecule has 0 aliphatic rings. The number of aromatic nitrogens is 4. The van der Waals surface area contributed by atoms with Gasteiger partial charge in [-0.05, 0) is 16.5 Å². The average Bonchev–Trinajstić information content (AvgIpc) is 2.92. The Balaban J connectivity index is 2.32. The lowest BCUT2D eigenvalue weighted by molar-refractivity contribution is -0.137. The summed E-state index contributed by atoms with van der Waals surface area (Å²) in [4.78, 5) is 15.5. The molecule has 0 fully saturated rings. The van der Waals surface area contributed by atoms with Crippen molar-refractivity contribution in [2.75, 3.05) is 5.32 Å². The molecule has 2 rings (SSSR count). The van der Waals surface area contributed by atoms with E-state index in [1.807, 2.05) is 0 Å². The molecule has 1 aromatic heterocycles. The van der Waals surface area contributed by atoms with Crippen molar-refractivity contribution in [2.45, 2.75) is 6.42 Å². The van der Waals surface area contributed by atoms with Crippen LogP contribution in [-0.2, 0) is 4.79 Å². The van der Waals surface area contributed by atoms with Crippen molar-refractivity contribution in [3.63, 3.8) is 0 Å². The van der Waals surface area contributed by atoms with Crippen molar-refractivity contribution in [2.24, 2.45) is 0 Å². The van der Waals surface area contributed by atoms with Gasteiger partial charge in [0.2, 0.25) is 5.91 Å². The van der Waals surface area contributed by atoms with Crippen LogP contribution in [0.4, 0.5) is 5.69 Å². The van der Waals surface area contributed by atoms with Crippen LogP contribution < -0.4 is 10.2 Å². The molecule has 96 valence electrons. The number of rotatable bonds is 4. The highest BCUT2D eigenvalue weighted by Gasteiger charge is 2.08. The predicted octanol–water partition coefficient (Wildman–Crippen LogP) is 0.366. The topological polar surface area (TPSA) is 126 Å². The highest BCUT2D eigenvalue weighted by Crippen LogP contribution is 2.22. The quantitative estimate of drug-likeness (QED) is 0.600. The summed E-state index contributed by atoms with van der Waals surface area (Å²) in [5.74, 6) is -0.375.